The highest BCUT2D eigenvalue weighted by Crippen LogP contribution is 2.07. The number of aliphatic carboxylic acids is 1. The third-order valence-corrected chi connectivity index (χ3v) is 1.82. The minimum atomic E-state index is -0.774. The minimum Gasteiger partial charge on any atom is -0.481 e. The summed E-state index contributed by atoms with van der Waals surface area (Å²) in [6.07, 6.45) is 2.04. The summed E-state index contributed by atoms with van der Waals surface area (Å²) >= 11 is 0. The van der Waals surface area contributed by atoms with E-state index in [2.05, 4.69) is 13.8 Å². The van der Waals surface area contributed by atoms with E-state index in [0.717, 1.165) is 12.2 Å². The van der Waals surface area contributed by atoms with Gasteiger partial charge in [0.2, 0.25) is 0 Å². The number of aromatic nitrogens is 1. The maximum absolute atomic E-state index is 10.5. The molecular formula is C10H15NO2. The predicted molar refractivity (Wildman–Crippen MR) is 50.6 cm³/mol. The molecule has 1 heterocycles. The molecule has 1 N–H and O–H groups in total. The Labute approximate surface area is 78.0 Å². The van der Waals surface area contributed by atoms with Crippen molar-refractivity contribution in [3.05, 3.63) is 24.0 Å². The summed E-state index contributed by atoms with van der Waals surface area (Å²) in [4.78, 5) is 10.5. The highest BCUT2D eigenvalue weighted by molar-refractivity contribution is 5.69. The first-order valence-corrected chi connectivity index (χ1v) is 4.45. The fourth-order valence-corrected chi connectivity index (χ4v) is 1.34. The highest BCUT2D eigenvalue weighted by Gasteiger charge is 2.06. The van der Waals surface area contributed by atoms with Gasteiger partial charge in [-0.15, -0.1) is 0 Å². The van der Waals surface area contributed by atoms with Gasteiger partial charge in [0.1, 0.15) is 0 Å². The van der Waals surface area contributed by atoms with Crippen molar-refractivity contribution in [1.29, 1.82) is 0 Å². The molecule has 0 atom stereocenters. The van der Waals surface area contributed by atoms with E-state index in [4.69, 9.17) is 5.11 Å². The summed E-state index contributed by atoms with van der Waals surface area (Å²) in [5.74, 6) is -0.233. The van der Waals surface area contributed by atoms with E-state index in [-0.39, 0.29) is 6.42 Å². The Hall–Kier alpha value is -1.25. The Morgan fingerprint density at radius 1 is 1.62 bits per heavy atom. The van der Waals surface area contributed by atoms with Crippen LogP contribution < -0.4 is 0 Å². The Balaban J connectivity index is 2.71. The molecule has 3 heteroatoms. The van der Waals surface area contributed by atoms with Crippen LogP contribution in [-0.4, -0.2) is 15.6 Å². The van der Waals surface area contributed by atoms with Gasteiger partial charge in [0.05, 0.1) is 6.42 Å². The second-order valence-electron chi connectivity index (χ2n) is 3.62. The van der Waals surface area contributed by atoms with Crippen LogP contribution in [0.4, 0.5) is 0 Å². The standard InChI is InChI=1S/C10H15NO2/c1-8(2)7-11-5-3-4-9(11)6-10(12)13/h3-5,8H,6-7H2,1-2H3,(H,12,13). The minimum absolute atomic E-state index is 0.111. The van der Waals surface area contributed by atoms with E-state index in [9.17, 15) is 4.79 Å². The van der Waals surface area contributed by atoms with Gasteiger partial charge in [-0.2, -0.15) is 0 Å². The second kappa shape index (κ2) is 4.12. The molecule has 0 radical (unpaired) electrons. The van der Waals surface area contributed by atoms with E-state index in [0.29, 0.717) is 5.92 Å². The Bertz CT molecular complexity index is 289. The first-order valence-electron chi connectivity index (χ1n) is 4.45. The van der Waals surface area contributed by atoms with Gasteiger partial charge in [0, 0.05) is 18.4 Å². The van der Waals surface area contributed by atoms with Crippen LogP contribution in [0.3, 0.4) is 0 Å². The van der Waals surface area contributed by atoms with Crippen molar-refractivity contribution in [3.63, 3.8) is 0 Å². The first kappa shape index (κ1) is 9.84. The molecule has 3 nitrogen and oxygen atoms in total. The largest absolute Gasteiger partial charge is 0.481 e. The third kappa shape index (κ3) is 2.93. The van der Waals surface area contributed by atoms with E-state index in [1.54, 1.807) is 0 Å². The maximum Gasteiger partial charge on any atom is 0.309 e. The molecule has 0 bridgehead atoms. The molecule has 0 amide bonds. The van der Waals surface area contributed by atoms with Gasteiger partial charge in [-0.3, -0.25) is 4.79 Å². The molecule has 0 aliphatic rings. The number of carbonyl (C=O) groups is 1. The smallest absolute Gasteiger partial charge is 0.309 e. The number of carboxylic acids is 1. The molecule has 1 rings (SSSR count). The van der Waals surface area contributed by atoms with Gasteiger partial charge in [-0.1, -0.05) is 13.8 Å². The van der Waals surface area contributed by atoms with Gasteiger partial charge >= 0.3 is 5.97 Å². The number of hydrogen-bond acceptors (Lipinski definition) is 1. The summed E-state index contributed by atoms with van der Waals surface area (Å²) < 4.78 is 2.00. The molecule has 1 aromatic heterocycles. The second-order valence-corrected chi connectivity index (χ2v) is 3.62. The molecule has 0 aliphatic heterocycles. The van der Waals surface area contributed by atoms with E-state index < -0.39 is 5.97 Å². The SMILES string of the molecule is CC(C)Cn1cccc1CC(=O)O. The van der Waals surface area contributed by atoms with Crippen LogP contribution in [0.15, 0.2) is 18.3 Å². The molecule has 0 spiro atoms. The summed E-state index contributed by atoms with van der Waals surface area (Å²) in [6.45, 7) is 5.12. The van der Waals surface area contributed by atoms with Crippen molar-refractivity contribution < 1.29 is 9.90 Å². The van der Waals surface area contributed by atoms with E-state index >= 15 is 0 Å². The van der Waals surface area contributed by atoms with Crippen molar-refractivity contribution >= 4 is 5.97 Å². The molecule has 1 aromatic rings. The molecule has 0 aromatic carbocycles. The highest BCUT2D eigenvalue weighted by atomic mass is 16.4. The lowest BCUT2D eigenvalue weighted by Gasteiger charge is -2.09. The molecule has 0 saturated heterocycles. The molecular weight excluding hydrogens is 166 g/mol. The van der Waals surface area contributed by atoms with Crippen LogP contribution in [0.1, 0.15) is 19.5 Å². The van der Waals surface area contributed by atoms with Gasteiger partial charge in [-0.25, -0.2) is 0 Å². The lowest BCUT2D eigenvalue weighted by atomic mass is 10.2. The van der Waals surface area contributed by atoms with Crippen LogP contribution in [0, 0.1) is 5.92 Å². The lowest BCUT2D eigenvalue weighted by Crippen LogP contribution is -2.10. The average Bonchev–Trinajstić information content (AvgIpc) is 2.34. The van der Waals surface area contributed by atoms with Gasteiger partial charge in [-0.05, 0) is 18.1 Å². The topological polar surface area (TPSA) is 42.2 Å². The molecule has 0 unspecified atom stereocenters. The Kier molecular flexibility index (Phi) is 3.12. The fraction of sp³-hybridized carbons (Fsp3) is 0.500. The number of rotatable bonds is 4. The summed E-state index contributed by atoms with van der Waals surface area (Å²) in [6, 6.07) is 3.75. The quantitative estimate of drug-likeness (QED) is 0.769. The number of nitrogens with zero attached hydrogens (tertiary/aromatic N) is 1. The van der Waals surface area contributed by atoms with Crippen LogP contribution in [0.25, 0.3) is 0 Å². The molecule has 0 aliphatic carbocycles. The number of hydrogen-bond donors (Lipinski definition) is 1. The zero-order chi connectivity index (χ0) is 9.84. The van der Waals surface area contributed by atoms with E-state index in [1.807, 2.05) is 22.9 Å². The first-order chi connectivity index (χ1) is 6.09. The normalized spacial score (nSPS) is 10.7. The lowest BCUT2D eigenvalue weighted by molar-refractivity contribution is -0.136. The zero-order valence-electron chi connectivity index (χ0n) is 8.03. The van der Waals surface area contributed by atoms with Crippen molar-refractivity contribution in [2.45, 2.75) is 26.8 Å². The van der Waals surface area contributed by atoms with Crippen molar-refractivity contribution in [2.75, 3.05) is 0 Å². The Morgan fingerprint density at radius 3 is 2.85 bits per heavy atom. The van der Waals surface area contributed by atoms with E-state index in [1.165, 1.54) is 0 Å². The van der Waals surface area contributed by atoms with Gasteiger partial charge in [0.25, 0.3) is 0 Å². The van der Waals surface area contributed by atoms with Crippen LogP contribution in [0.2, 0.25) is 0 Å². The Morgan fingerprint density at radius 2 is 2.31 bits per heavy atom. The summed E-state index contributed by atoms with van der Waals surface area (Å²) in [5, 5.41) is 8.63. The van der Waals surface area contributed by atoms with Crippen molar-refractivity contribution in [3.8, 4) is 0 Å². The van der Waals surface area contributed by atoms with Gasteiger partial charge < -0.3 is 9.67 Å². The zero-order valence-corrected chi connectivity index (χ0v) is 8.03. The van der Waals surface area contributed by atoms with Gasteiger partial charge in [0.15, 0.2) is 0 Å². The van der Waals surface area contributed by atoms with Crippen LogP contribution in [-0.2, 0) is 17.8 Å². The van der Waals surface area contributed by atoms with Crippen LogP contribution in [0.5, 0.6) is 0 Å². The summed E-state index contributed by atoms with van der Waals surface area (Å²) in [5.41, 5.74) is 0.876. The monoisotopic (exact) mass is 181 g/mol. The number of carboxylic acid groups (broad SMARTS) is 1. The van der Waals surface area contributed by atoms with Crippen LogP contribution >= 0.6 is 0 Å². The van der Waals surface area contributed by atoms with Crippen molar-refractivity contribution in [1.82, 2.24) is 4.57 Å². The van der Waals surface area contributed by atoms with Crippen molar-refractivity contribution in [2.24, 2.45) is 5.92 Å². The average molecular weight is 181 g/mol. The molecule has 0 saturated carbocycles. The molecule has 13 heavy (non-hydrogen) atoms. The predicted octanol–water partition coefficient (Wildman–Crippen LogP) is 1.77. The fourth-order valence-electron chi connectivity index (χ4n) is 1.34. The maximum atomic E-state index is 10.5. The summed E-state index contributed by atoms with van der Waals surface area (Å²) in [7, 11) is 0. The molecule has 0 fully saturated rings. The third-order valence-electron chi connectivity index (χ3n) is 1.82. The molecule has 72 valence electrons.